The van der Waals surface area contributed by atoms with Crippen LogP contribution in [0.15, 0.2) is 36.9 Å². The predicted octanol–water partition coefficient (Wildman–Crippen LogP) is 2.80. The molecule has 17 heavy (non-hydrogen) atoms. The summed E-state index contributed by atoms with van der Waals surface area (Å²) in [4.78, 5) is 2.40. The molecular formula is C15H24N2. The number of nitrogens with zero attached hydrogens (tertiary/aromatic N) is 1. The van der Waals surface area contributed by atoms with Crippen LogP contribution in [0.25, 0.3) is 0 Å². The molecule has 0 unspecified atom stereocenters. The minimum atomic E-state index is 0.546. The summed E-state index contributed by atoms with van der Waals surface area (Å²) >= 11 is 0. The second-order valence-electron chi connectivity index (χ2n) is 4.66. The molecule has 0 radical (unpaired) electrons. The van der Waals surface area contributed by atoms with Crippen molar-refractivity contribution < 1.29 is 0 Å². The molecule has 0 aliphatic heterocycles. The molecule has 0 atom stereocenters. The zero-order valence-corrected chi connectivity index (χ0v) is 11.2. The molecule has 0 saturated carbocycles. The van der Waals surface area contributed by atoms with Gasteiger partial charge in [0.25, 0.3) is 0 Å². The Bertz CT molecular complexity index is 327. The molecule has 0 spiro atoms. The lowest BCUT2D eigenvalue weighted by Crippen LogP contribution is -2.30. The standard InChI is InChI=1S/C15H24N2/c1-5-10-17(13(2)3)12-15-8-6-14(7-9-15)11-16-4/h5-9,13,16H,1,10-12H2,2-4H3. The highest BCUT2D eigenvalue weighted by Gasteiger charge is 2.07. The van der Waals surface area contributed by atoms with Crippen LogP contribution in [0, 0.1) is 0 Å². The van der Waals surface area contributed by atoms with E-state index in [-0.39, 0.29) is 0 Å². The van der Waals surface area contributed by atoms with E-state index in [2.05, 4.69) is 54.9 Å². The van der Waals surface area contributed by atoms with Crippen molar-refractivity contribution in [3.63, 3.8) is 0 Å². The Morgan fingerprint density at radius 2 is 1.82 bits per heavy atom. The molecule has 94 valence electrons. The van der Waals surface area contributed by atoms with Crippen molar-refractivity contribution in [2.75, 3.05) is 13.6 Å². The van der Waals surface area contributed by atoms with Gasteiger partial charge in [-0.25, -0.2) is 0 Å². The van der Waals surface area contributed by atoms with Gasteiger partial charge in [-0.05, 0) is 32.0 Å². The lowest BCUT2D eigenvalue weighted by Gasteiger charge is -2.25. The Morgan fingerprint density at radius 1 is 1.24 bits per heavy atom. The van der Waals surface area contributed by atoms with Gasteiger partial charge in [-0.2, -0.15) is 0 Å². The molecule has 2 nitrogen and oxygen atoms in total. The third-order valence-electron chi connectivity index (χ3n) is 2.88. The highest BCUT2D eigenvalue weighted by molar-refractivity contribution is 5.22. The van der Waals surface area contributed by atoms with Crippen molar-refractivity contribution in [2.45, 2.75) is 33.0 Å². The monoisotopic (exact) mass is 232 g/mol. The Balaban J connectivity index is 2.63. The number of benzene rings is 1. The summed E-state index contributed by atoms with van der Waals surface area (Å²) in [5.41, 5.74) is 2.69. The quantitative estimate of drug-likeness (QED) is 0.727. The molecule has 0 aliphatic carbocycles. The fraction of sp³-hybridized carbons (Fsp3) is 0.467. The van der Waals surface area contributed by atoms with E-state index in [1.165, 1.54) is 11.1 Å². The highest BCUT2D eigenvalue weighted by atomic mass is 15.1. The molecule has 2 heteroatoms. The number of hydrogen-bond donors (Lipinski definition) is 1. The minimum Gasteiger partial charge on any atom is -0.316 e. The van der Waals surface area contributed by atoms with Gasteiger partial charge in [-0.3, -0.25) is 4.90 Å². The summed E-state index contributed by atoms with van der Waals surface area (Å²) < 4.78 is 0. The molecule has 0 aliphatic rings. The SMILES string of the molecule is C=CCN(Cc1ccc(CNC)cc1)C(C)C. The van der Waals surface area contributed by atoms with Crippen LogP contribution in [0.2, 0.25) is 0 Å². The molecule has 0 amide bonds. The number of nitrogens with one attached hydrogen (secondary N) is 1. The van der Waals surface area contributed by atoms with Gasteiger partial charge >= 0.3 is 0 Å². The molecule has 0 fully saturated rings. The van der Waals surface area contributed by atoms with Crippen molar-refractivity contribution in [1.82, 2.24) is 10.2 Å². The average Bonchev–Trinajstić information content (AvgIpc) is 2.31. The van der Waals surface area contributed by atoms with E-state index in [1.54, 1.807) is 0 Å². The summed E-state index contributed by atoms with van der Waals surface area (Å²) in [6.07, 6.45) is 1.97. The summed E-state index contributed by atoms with van der Waals surface area (Å²) in [6.45, 7) is 11.1. The van der Waals surface area contributed by atoms with E-state index in [4.69, 9.17) is 0 Å². The smallest absolute Gasteiger partial charge is 0.0239 e. The first-order valence-electron chi connectivity index (χ1n) is 6.24. The molecule has 1 aromatic rings. The van der Waals surface area contributed by atoms with Crippen LogP contribution < -0.4 is 5.32 Å². The van der Waals surface area contributed by atoms with Crippen LogP contribution in [0.1, 0.15) is 25.0 Å². The second kappa shape index (κ2) is 7.25. The Kier molecular flexibility index (Phi) is 5.95. The van der Waals surface area contributed by atoms with Crippen LogP contribution in [0.5, 0.6) is 0 Å². The van der Waals surface area contributed by atoms with E-state index in [0.717, 1.165) is 19.6 Å². The maximum Gasteiger partial charge on any atom is 0.0239 e. The molecule has 0 heterocycles. The third-order valence-corrected chi connectivity index (χ3v) is 2.88. The van der Waals surface area contributed by atoms with E-state index >= 15 is 0 Å². The van der Waals surface area contributed by atoms with Crippen molar-refractivity contribution in [3.8, 4) is 0 Å². The number of rotatable bonds is 7. The molecule has 0 aromatic heterocycles. The zero-order chi connectivity index (χ0) is 12.7. The third kappa shape index (κ3) is 4.72. The molecule has 0 saturated heterocycles. The second-order valence-corrected chi connectivity index (χ2v) is 4.66. The van der Waals surface area contributed by atoms with Gasteiger partial charge in [0, 0.05) is 25.7 Å². The van der Waals surface area contributed by atoms with Crippen LogP contribution in [-0.2, 0) is 13.1 Å². The van der Waals surface area contributed by atoms with Crippen LogP contribution in [-0.4, -0.2) is 24.5 Å². The van der Waals surface area contributed by atoms with Crippen molar-refractivity contribution in [1.29, 1.82) is 0 Å². The van der Waals surface area contributed by atoms with Crippen LogP contribution in [0.3, 0.4) is 0 Å². The van der Waals surface area contributed by atoms with Gasteiger partial charge in [0.2, 0.25) is 0 Å². The van der Waals surface area contributed by atoms with Gasteiger partial charge < -0.3 is 5.32 Å². The molecule has 0 bridgehead atoms. The molecular weight excluding hydrogens is 208 g/mol. The first-order valence-corrected chi connectivity index (χ1v) is 6.24. The van der Waals surface area contributed by atoms with E-state index in [0.29, 0.717) is 6.04 Å². The fourth-order valence-electron chi connectivity index (χ4n) is 1.82. The largest absolute Gasteiger partial charge is 0.316 e. The van der Waals surface area contributed by atoms with Crippen molar-refractivity contribution in [3.05, 3.63) is 48.0 Å². The Labute approximate surface area is 105 Å². The first kappa shape index (κ1) is 13.9. The minimum absolute atomic E-state index is 0.546. The van der Waals surface area contributed by atoms with E-state index in [9.17, 15) is 0 Å². The summed E-state index contributed by atoms with van der Waals surface area (Å²) in [7, 11) is 1.97. The first-order chi connectivity index (χ1) is 8.17. The maximum absolute atomic E-state index is 3.81. The summed E-state index contributed by atoms with van der Waals surface area (Å²) in [6, 6.07) is 9.36. The maximum atomic E-state index is 3.81. The van der Waals surface area contributed by atoms with E-state index < -0.39 is 0 Å². The fourth-order valence-corrected chi connectivity index (χ4v) is 1.82. The average molecular weight is 232 g/mol. The lowest BCUT2D eigenvalue weighted by molar-refractivity contribution is 0.237. The topological polar surface area (TPSA) is 15.3 Å². The normalized spacial score (nSPS) is 11.1. The zero-order valence-electron chi connectivity index (χ0n) is 11.2. The summed E-state index contributed by atoms with van der Waals surface area (Å²) in [5, 5.41) is 3.16. The Hall–Kier alpha value is -1.12. The highest BCUT2D eigenvalue weighted by Crippen LogP contribution is 2.10. The van der Waals surface area contributed by atoms with Gasteiger partial charge in [0.1, 0.15) is 0 Å². The summed E-state index contributed by atoms with van der Waals surface area (Å²) in [5.74, 6) is 0. The lowest BCUT2D eigenvalue weighted by atomic mass is 10.1. The van der Waals surface area contributed by atoms with E-state index in [1.807, 2.05) is 13.1 Å². The molecule has 1 N–H and O–H groups in total. The van der Waals surface area contributed by atoms with Crippen molar-refractivity contribution >= 4 is 0 Å². The van der Waals surface area contributed by atoms with Gasteiger partial charge in [-0.1, -0.05) is 30.3 Å². The molecule has 1 aromatic carbocycles. The van der Waals surface area contributed by atoms with Gasteiger partial charge in [0.15, 0.2) is 0 Å². The predicted molar refractivity (Wildman–Crippen MR) is 74.9 cm³/mol. The van der Waals surface area contributed by atoms with Gasteiger partial charge in [-0.15, -0.1) is 6.58 Å². The van der Waals surface area contributed by atoms with Crippen LogP contribution >= 0.6 is 0 Å². The number of hydrogen-bond acceptors (Lipinski definition) is 2. The Morgan fingerprint density at radius 3 is 2.29 bits per heavy atom. The van der Waals surface area contributed by atoms with Crippen molar-refractivity contribution in [2.24, 2.45) is 0 Å². The van der Waals surface area contributed by atoms with Crippen LogP contribution in [0.4, 0.5) is 0 Å². The van der Waals surface area contributed by atoms with Gasteiger partial charge in [0.05, 0.1) is 0 Å². The molecule has 1 rings (SSSR count).